The Labute approximate surface area is 141 Å². The minimum atomic E-state index is -0.517. The molecule has 3 rings (SSSR count). The summed E-state index contributed by atoms with van der Waals surface area (Å²) in [4.78, 5) is 26.1. The van der Waals surface area contributed by atoms with Crippen molar-refractivity contribution in [2.45, 2.75) is 25.9 Å². The van der Waals surface area contributed by atoms with E-state index in [0.29, 0.717) is 6.54 Å². The number of carbonyl (C=O) groups is 2. The van der Waals surface area contributed by atoms with Gasteiger partial charge < -0.3 is 10.1 Å². The second-order valence-corrected chi connectivity index (χ2v) is 5.93. The van der Waals surface area contributed by atoms with E-state index >= 15 is 0 Å². The fourth-order valence-electron chi connectivity index (χ4n) is 2.73. The van der Waals surface area contributed by atoms with Crippen molar-refractivity contribution in [2.75, 3.05) is 12.4 Å². The highest BCUT2D eigenvalue weighted by Crippen LogP contribution is 2.22. The van der Waals surface area contributed by atoms with Crippen molar-refractivity contribution in [2.24, 2.45) is 0 Å². The van der Waals surface area contributed by atoms with Crippen LogP contribution in [-0.4, -0.2) is 29.9 Å². The second-order valence-electron chi connectivity index (χ2n) is 5.93. The topological polar surface area (TPSA) is 58.6 Å². The predicted molar refractivity (Wildman–Crippen MR) is 91.8 cm³/mol. The summed E-state index contributed by atoms with van der Waals surface area (Å²) in [5.41, 5.74) is 2.89. The lowest BCUT2D eigenvalue weighted by molar-refractivity contribution is -0.139. The highest BCUT2D eigenvalue weighted by atomic mass is 16.5. The standard InChI is InChI=1S/C19H20N2O3/c1-13-3-5-14(6-4-13)12-21-18(22)11-17(19(21)23)20-15-7-9-16(24-2)10-8-15/h3-10,17,20H,11-12H2,1-2H3/t17-/m0/s1. The Balaban J connectivity index is 1.67. The Morgan fingerprint density at radius 1 is 1.08 bits per heavy atom. The number of likely N-dealkylation sites (tertiary alicyclic amines) is 1. The third kappa shape index (κ3) is 3.40. The zero-order valence-electron chi connectivity index (χ0n) is 13.8. The summed E-state index contributed by atoms with van der Waals surface area (Å²) in [5.74, 6) is 0.415. The van der Waals surface area contributed by atoms with Gasteiger partial charge in [-0.3, -0.25) is 14.5 Å². The number of imide groups is 1. The molecule has 2 amide bonds. The molecule has 0 aliphatic carbocycles. The minimum Gasteiger partial charge on any atom is -0.497 e. The Hall–Kier alpha value is -2.82. The van der Waals surface area contributed by atoms with Crippen LogP contribution in [0.5, 0.6) is 5.75 Å². The Bertz CT molecular complexity index is 738. The number of amides is 2. The van der Waals surface area contributed by atoms with E-state index in [1.807, 2.05) is 55.5 Å². The lowest BCUT2D eigenvalue weighted by atomic mass is 10.1. The molecule has 0 unspecified atom stereocenters. The summed E-state index contributed by atoms with van der Waals surface area (Å²) in [6, 6.07) is 14.6. The summed E-state index contributed by atoms with van der Waals surface area (Å²) < 4.78 is 5.11. The van der Waals surface area contributed by atoms with Gasteiger partial charge in [0.05, 0.1) is 20.1 Å². The number of carbonyl (C=O) groups excluding carboxylic acids is 2. The van der Waals surface area contributed by atoms with Crippen LogP contribution in [0.4, 0.5) is 5.69 Å². The molecule has 0 spiro atoms. The van der Waals surface area contributed by atoms with E-state index in [1.54, 1.807) is 7.11 Å². The SMILES string of the molecule is COc1ccc(N[C@H]2CC(=O)N(Cc3ccc(C)cc3)C2=O)cc1. The van der Waals surface area contributed by atoms with Crippen LogP contribution < -0.4 is 10.1 Å². The lowest BCUT2D eigenvalue weighted by Crippen LogP contribution is -2.34. The number of benzene rings is 2. The van der Waals surface area contributed by atoms with Crippen LogP contribution in [0, 0.1) is 6.92 Å². The van der Waals surface area contributed by atoms with Crippen molar-refractivity contribution in [1.29, 1.82) is 0 Å². The Kier molecular flexibility index (Phi) is 4.51. The maximum atomic E-state index is 12.5. The van der Waals surface area contributed by atoms with Crippen molar-refractivity contribution in [3.05, 3.63) is 59.7 Å². The van der Waals surface area contributed by atoms with Crippen LogP contribution >= 0.6 is 0 Å². The molecule has 5 nitrogen and oxygen atoms in total. The molecule has 0 saturated carbocycles. The van der Waals surface area contributed by atoms with Crippen molar-refractivity contribution in [3.63, 3.8) is 0 Å². The van der Waals surface area contributed by atoms with Gasteiger partial charge in [0.1, 0.15) is 11.8 Å². The monoisotopic (exact) mass is 324 g/mol. The van der Waals surface area contributed by atoms with Crippen LogP contribution in [0.2, 0.25) is 0 Å². The second kappa shape index (κ2) is 6.74. The first-order valence-electron chi connectivity index (χ1n) is 7.87. The van der Waals surface area contributed by atoms with Gasteiger partial charge in [-0.05, 0) is 36.8 Å². The maximum absolute atomic E-state index is 12.5. The third-order valence-corrected chi connectivity index (χ3v) is 4.14. The van der Waals surface area contributed by atoms with Crippen LogP contribution in [0.3, 0.4) is 0 Å². The molecule has 1 aliphatic rings. The summed E-state index contributed by atoms with van der Waals surface area (Å²) in [7, 11) is 1.60. The average molecular weight is 324 g/mol. The molecule has 0 radical (unpaired) electrons. The Morgan fingerprint density at radius 3 is 2.38 bits per heavy atom. The van der Waals surface area contributed by atoms with E-state index in [9.17, 15) is 9.59 Å². The molecule has 0 bridgehead atoms. The summed E-state index contributed by atoms with van der Waals surface area (Å²) >= 11 is 0. The van der Waals surface area contributed by atoms with Crippen LogP contribution in [0.15, 0.2) is 48.5 Å². The molecule has 2 aromatic carbocycles. The molecule has 1 heterocycles. The number of hydrogen-bond donors (Lipinski definition) is 1. The first-order valence-corrected chi connectivity index (χ1v) is 7.87. The fraction of sp³-hybridized carbons (Fsp3) is 0.263. The van der Waals surface area contributed by atoms with E-state index in [2.05, 4.69) is 5.32 Å². The number of nitrogens with zero attached hydrogens (tertiary/aromatic N) is 1. The molecular formula is C19H20N2O3. The third-order valence-electron chi connectivity index (χ3n) is 4.14. The number of methoxy groups -OCH3 is 1. The van der Waals surface area contributed by atoms with Gasteiger partial charge in [0, 0.05) is 5.69 Å². The molecule has 24 heavy (non-hydrogen) atoms. The number of anilines is 1. The number of aryl methyl sites for hydroxylation is 1. The molecule has 5 heteroatoms. The quantitative estimate of drug-likeness (QED) is 0.859. The fourth-order valence-corrected chi connectivity index (χ4v) is 2.73. The molecule has 1 atom stereocenters. The van der Waals surface area contributed by atoms with Gasteiger partial charge in [-0.2, -0.15) is 0 Å². The molecular weight excluding hydrogens is 304 g/mol. The van der Waals surface area contributed by atoms with E-state index in [1.165, 1.54) is 4.90 Å². The molecule has 1 saturated heterocycles. The first kappa shape index (κ1) is 16.1. The van der Waals surface area contributed by atoms with E-state index in [0.717, 1.165) is 22.6 Å². The van der Waals surface area contributed by atoms with Gasteiger partial charge in [0.2, 0.25) is 5.91 Å². The van der Waals surface area contributed by atoms with Gasteiger partial charge in [-0.25, -0.2) is 0 Å². The Morgan fingerprint density at radius 2 is 1.75 bits per heavy atom. The van der Waals surface area contributed by atoms with Crippen molar-refractivity contribution in [3.8, 4) is 5.75 Å². The number of rotatable bonds is 5. The van der Waals surface area contributed by atoms with Crippen LogP contribution in [0.25, 0.3) is 0 Å². The minimum absolute atomic E-state index is 0.147. The van der Waals surface area contributed by atoms with E-state index < -0.39 is 6.04 Å². The first-order chi connectivity index (χ1) is 11.6. The van der Waals surface area contributed by atoms with Gasteiger partial charge in [-0.1, -0.05) is 29.8 Å². The van der Waals surface area contributed by atoms with Crippen LogP contribution in [-0.2, 0) is 16.1 Å². The van der Waals surface area contributed by atoms with E-state index in [-0.39, 0.29) is 18.2 Å². The zero-order chi connectivity index (χ0) is 17.1. The number of hydrogen-bond acceptors (Lipinski definition) is 4. The molecule has 2 aromatic rings. The lowest BCUT2D eigenvalue weighted by Gasteiger charge is -2.16. The molecule has 1 aliphatic heterocycles. The van der Waals surface area contributed by atoms with Gasteiger partial charge >= 0.3 is 0 Å². The summed E-state index contributed by atoms with van der Waals surface area (Å²) in [6.45, 7) is 2.32. The van der Waals surface area contributed by atoms with Crippen molar-refractivity contribution >= 4 is 17.5 Å². The number of ether oxygens (including phenoxy) is 1. The van der Waals surface area contributed by atoms with Gasteiger partial charge in [0.25, 0.3) is 5.91 Å². The highest BCUT2D eigenvalue weighted by molar-refractivity contribution is 6.06. The largest absolute Gasteiger partial charge is 0.497 e. The highest BCUT2D eigenvalue weighted by Gasteiger charge is 2.38. The summed E-state index contributed by atoms with van der Waals surface area (Å²) in [5, 5.41) is 3.13. The molecule has 1 fully saturated rings. The molecule has 124 valence electrons. The van der Waals surface area contributed by atoms with Gasteiger partial charge in [0.15, 0.2) is 0 Å². The maximum Gasteiger partial charge on any atom is 0.252 e. The average Bonchev–Trinajstić information content (AvgIpc) is 2.85. The number of nitrogens with one attached hydrogen (secondary N) is 1. The summed E-state index contributed by atoms with van der Waals surface area (Å²) in [6.07, 6.45) is 0.177. The normalized spacial score (nSPS) is 17.2. The van der Waals surface area contributed by atoms with Crippen LogP contribution in [0.1, 0.15) is 17.5 Å². The smallest absolute Gasteiger partial charge is 0.252 e. The van der Waals surface area contributed by atoms with Crippen molar-refractivity contribution < 1.29 is 14.3 Å². The molecule has 0 aromatic heterocycles. The molecule has 1 N–H and O–H groups in total. The van der Waals surface area contributed by atoms with Crippen molar-refractivity contribution in [1.82, 2.24) is 4.90 Å². The van der Waals surface area contributed by atoms with E-state index in [4.69, 9.17) is 4.74 Å². The zero-order valence-corrected chi connectivity index (χ0v) is 13.8. The predicted octanol–water partition coefficient (Wildman–Crippen LogP) is 2.74. The van der Waals surface area contributed by atoms with Gasteiger partial charge in [-0.15, -0.1) is 0 Å².